The van der Waals surface area contributed by atoms with Crippen LogP contribution in [0.1, 0.15) is 22.6 Å². The Kier molecular flexibility index (Phi) is 5.03. The molecule has 0 aliphatic rings. The first-order valence-corrected chi connectivity index (χ1v) is 10.5. The molecule has 0 fully saturated rings. The summed E-state index contributed by atoms with van der Waals surface area (Å²) >= 11 is 9.29. The van der Waals surface area contributed by atoms with Crippen LogP contribution in [0.15, 0.2) is 34.8 Å². The molecule has 0 aliphatic heterocycles. The zero-order chi connectivity index (χ0) is 19.0. The van der Waals surface area contributed by atoms with Gasteiger partial charge in [-0.15, -0.1) is 10.2 Å². The van der Waals surface area contributed by atoms with Crippen LogP contribution in [0, 0.1) is 20.8 Å². The highest BCUT2D eigenvalue weighted by molar-refractivity contribution is 8.00. The minimum atomic E-state index is 0.715. The van der Waals surface area contributed by atoms with Crippen molar-refractivity contribution in [3.05, 3.63) is 58.1 Å². The normalized spacial score (nSPS) is 11.3. The van der Waals surface area contributed by atoms with Crippen molar-refractivity contribution in [3.63, 3.8) is 0 Å². The van der Waals surface area contributed by atoms with E-state index >= 15 is 0 Å². The highest BCUT2D eigenvalue weighted by Gasteiger charge is 2.10. The van der Waals surface area contributed by atoms with Gasteiger partial charge in [0.2, 0.25) is 10.9 Å². The van der Waals surface area contributed by atoms with E-state index in [4.69, 9.17) is 11.6 Å². The number of fused-ring (bicyclic) bond motifs is 1. The van der Waals surface area contributed by atoms with Crippen LogP contribution in [-0.4, -0.2) is 24.6 Å². The maximum Gasteiger partial charge on any atom is 0.234 e. The first-order valence-electron chi connectivity index (χ1n) is 8.30. The van der Waals surface area contributed by atoms with Crippen molar-refractivity contribution in [2.24, 2.45) is 0 Å². The molecule has 0 saturated heterocycles. The lowest BCUT2D eigenvalue weighted by Crippen LogP contribution is -1.94. The molecule has 0 saturated carbocycles. The number of aromatic nitrogens is 5. The first-order chi connectivity index (χ1) is 13.0. The summed E-state index contributed by atoms with van der Waals surface area (Å²) in [6, 6.07) is 7.81. The van der Waals surface area contributed by atoms with E-state index in [2.05, 4.69) is 32.4 Å². The molecule has 3 aromatic heterocycles. The Bertz CT molecular complexity index is 1120. The number of halogens is 1. The van der Waals surface area contributed by atoms with Crippen LogP contribution in [0.25, 0.3) is 5.78 Å². The van der Waals surface area contributed by atoms with E-state index in [9.17, 15) is 0 Å². The van der Waals surface area contributed by atoms with Crippen molar-refractivity contribution in [2.75, 3.05) is 5.32 Å². The predicted molar refractivity (Wildman–Crippen MR) is 111 cm³/mol. The lowest BCUT2D eigenvalue weighted by Gasteiger charge is -2.06. The fourth-order valence-electron chi connectivity index (χ4n) is 2.70. The summed E-state index contributed by atoms with van der Waals surface area (Å²) in [7, 11) is 0. The summed E-state index contributed by atoms with van der Waals surface area (Å²) in [5.74, 6) is 1.45. The Balaban J connectivity index is 1.45. The second kappa shape index (κ2) is 7.46. The number of thioether (sulfide) groups is 1. The molecule has 0 amide bonds. The molecule has 27 heavy (non-hydrogen) atoms. The molecule has 0 spiro atoms. The van der Waals surface area contributed by atoms with Gasteiger partial charge in [-0.05, 0) is 44.5 Å². The van der Waals surface area contributed by atoms with E-state index in [1.165, 1.54) is 11.3 Å². The standard InChI is InChI=1S/C18H17ClN6S2/c1-10-7-11(2)25-8-13(21-16(25)20-10)9-26-18-24-23-17(27-18)22-15-6-4-5-14(19)12(15)3/h4-8H,9H2,1-3H3,(H,22,23). The van der Waals surface area contributed by atoms with Crippen molar-refractivity contribution >= 4 is 51.3 Å². The van der Waals surface area contributed by atoms with Gasteiger partial charge in [0.05, 0.1) is 5.69 Å². The number of nitrogens with one attached hydrogen (secondary N) is 1. The van der Waals surface area contributed by atoms with Crippen LogP contribution in [0.5, 0.6) is 0 Å². The molecule has 0 unspecified atom stereocenters. The smallest absolute Gasteiger partial charge is 0.234 e. The maximum atomic E-state index is 6.17. The van der Waals surface area contributed by atoms with Gasteiger partial charge in [-0.3, -0.25) is 4.40 Å². The van der Waals surface area contributed by atoms with Crippen LogP contribution in [0.4, 0.5) is 10.8 Å². The average molecular weight is 417 g/mol. The minimum Gasteiger partial charge on any atom is -0.330 e. The summed E-state index contributed by atoms with van der Waals surface area (Å²) in [6.07, 6.45) is 2.03. The fourth-order valence-corrected chi connectivity index (χ4v) is 4.52. The second-order valence-corrected chi connectivity index (χ2v) is 8.75. The molecular formula is C18H17ClN6S2. The fraction of sp³-hybridized carbons (Fsp3) is 0.222. The summed E-state index contributed by atoms with van der Waals surface area (Å²) in [6.45, 7) is 6.01. The number of hydrogen-bond acceptors (Lipinski definition) is 7. The zero-order valence-electron chi connectivity index (χ0n) is 15.0. The topological polar surface area (TPSA) is 68.0 Å². The average Bonchev–Trinajstić information content (AvgIpc) is 3.24. The highest BCUT2D eigenvalue weighted by Crippen LogP contribution is 2.31. The van der Waals surface area contributed by atoms with E-state index in [1.807, 2.05) is 48.7 Å². The molecule has 1 aromatic carbocycles. The number of imidazole rings is 1. The highest BCUT2D eigenvalue weighted by atomic mass is 35.5. The largest absolute Gasteiger partial charge is 0.330 e. The summed E-state index contributed by atoms with van der Waals surface area (Å²) < 4.78 is 2.90. The van der Waals surface area contributed by atoms with Gasteiger partial charge >= 0.3 is 0 Å². The van der Waals surface area contributed by atoms with Gasteiger partial charge < -0.3 is 5.32 Å². The molecule has 4 rings (SSSR count). The molecule has 0 atom stereocenters. The van der Waals surface area contributed by atoms with Crippen molar-refractivity contribution in [3.8, 4) is 0 Å². The number of hydrogen-bond donors (Lipinski definition) is 1. The Labute approximate surface area is 170 Å². The van der Waals surface area contributed by atoms with E-state index in [-0.39, 0.29) is 0 Å². The number of aryl methyl sites for hydroxylation is 2. The number of anilines is 2. The molecule has 6 nitrogen and oxygen atoms in total. The Morgan fingerprint density at radius 1 is 1.19 bits per heavy atom. The Morgan fingerprint density at radius 2 is 2.04 bits per heavy atom. The van der Waals surface area contributed by atoms with Crippen molar-refractivity contribution in [1.82, 2.24) is 24.6 Å². The van der Waals surface area contributed by atoms with Crippen LogP contribution in [-0.2, 0) is 5.75 Å². The first kappa shape index (κ1) is 18.2. The summed E-state index contributed by atoms with van der Waals surface area (Å²) in [4.78, 5) is 9.08. The molecule has 0 radical (unpaired) electrons. The number of benzene rings is 1. The van der Waals surface area contributed by atoms with Crippen molar-refractivity contribution in [2.45, 2.75) is 30.9 Å². The second-order valence-electron chi connectivity index (χ2n) is 6.14. The quantitative estimate of drug-likeness (QED) is 0.451. The summed E-state index contributed by atoms with van der Waals surface area (Å²) in [5, 5.41) is 13.2. The third-order valence-electron chi connectivity index (χ3n) is 4.07. The van der Waals surface area contributed by atoms with E-state index < -0.39 is 0 Å². The maximum absolute atomic E-state index is 6.17. The molecule has 3 heterocycles. The SMILES string of the molecule is Cc1cc(C)n2cc(CSc3nnc(Nc4cccc(Cl)c4C)s3)nc2n1. The van der Waals surface area contributed by atoms with Gasteiger partial charge in [0.1, 0.15) is 0 Å². The van der Waals surface area contributed by atoms with E-state index in [1.54, 1.807) is 11.8 Å². The minimum absolute atomic E-state index is 0.715. The molecule has 9 heteroatoms. The Hall–Kier alpha value is -2.16. The molecule has 4 aromatic rings. The van der Waals surface area contributed by atoms with Gasteiger partial charge in [-0.1, -0.05) is 40.8 Å². The zero-order valence-corrected chi connectivity index (χ0v) is 17.4. The molecule has 0 aliphatic carbocycles. The number of nitrogens with zero attached hydrogens (tertiary/aromatic N) is 5. The van der Waals surface area contributed by atoms with Gasteiger partial charge in [0.15, 0.2) is 4.34 Å². The Morgan fingerprint density at radius 3 is 2.89 bits per heavy atom. The lowest BCUT2D eigenvalue weighted by atomic mass is 10.2. The molecular weight excluding hydrogens is 400 g/mol. The monoisotopic (exact) mass is 416 g/mol. The van der Waals surface area contributed by atoms with Crippen LogP contribution >= 0.6 is 34.7 Å². The van der Waals surface area contributed by atoms with Gasteiger partial charge in [-0.25, -0.2) is 9.97 Å². The molecule has 0 bridgehead atoms. The lowest BCUT2D eigenvalue weighted by molar-refractivity contribution is 1.01. The summed E-state index contributed by atoms with van der Waals surface area (Å²) in [5.41, 5.74) is 5.00. The third-order valence-corrected chi connectivity index (χ3v) is 6.49. The van der Waals surface area contributed by atoms with Crippen LogP contribution in [0.2, 0.25) is 5.02 Å². The van der Waals surface area contributed by atoms with Crippen molar-refractivity contribution in [1.29, 1.82) is 0 Å². The third kappa shape index (κ3) is 3.92. The van der Waals surface area contributed by atoms with E-state index in [0.717, 1.165) is 48.6 Å². The predicted octanol–water partition coefficient (Wildman–Crippen LogP) is 5.20. The van der Waals surface area contributed by atoms with Crippen LogP contribution in [0.3, 0.4) is 0 Å². The molecule has 1 N–H and O–H groups in total. The van der Waals surface area contributed by atoms with Crippen molar-refractivity contribution < 1.29 is 0 Å². The molecule has 138 valence electrons. The van der Waals surface area contributed by atoms with Gasteiger partial charge in [0, 0.05) is 34.0 Å². The van der Waals surface area contributed by atoms with Gasteiger partial charge in [-0.2, -0.15) is 0 Å². The number of rotatable bonds is 5. The van der Waals surface area contributed by atoms with Crippen LogP contribution < -0.4 is 5.32 Å². The van der Waals surface area contributed by atoms with Gasteiger partial charge in [0.25, 0.3) is 0 Å². The van der Waals surface area contributed by atoms with E-state index in [0.29, 0.717) is 5.75 Å².